The third-order valence-electron chi connectivity index (χ3n) is 6.94. The minimum atomic E-state index is -4.17. The van der Waals surface area contributed by atoms with Gasteiger partial charge in [-0.25, -0.2) is 8.42 Å². The van der Waals surface area contributed by atoms with E-state index in [-0.39, 0.29) is 47.0 Å². The van der Waals surface area contributed by atoms with Crippen molar-refractivity contribution < 1.29 is 18.0 Å². The van der Waals surface area contributed by atoms with Gasteiger partial charge in [0, 0.05) is 34.7 Å². The first kappa shape index (κ1) is 37.1. The molecule has 1 saturated heterocycles. The molecule has 0 bridgehead atoms. The first-order valence-corrected chi connectivity index (χ1v) is 16.0. The summed E-state index contributed by atoms with van der Waals surface area (Å²) < 4.78 is 29.4. The van der Waals surface area contributed by atoms with E-state index in [0.29, 0.717) is 22.9 Å². The molecule has 1 heterocycles. The smallest absolute Gasteiger partial charge is 0.246 e. The number of hydrogen-bond donors (Lipinski definition) is 0. The molecule has 12 heteroatoms. The maximum absolute atomic E-state index is 14.0. The van der Waals surface area contributed by atoms with Crippen molar-refractivity contribution in [2.24, 2.45) is 0 Å². The summed E-state index contributed by atoms with van der Waals surface area (Å²) in [4.78, 5) is 30.3. The summed E-state index contributed by atoms with van der Waals surface area (Å²) in [5, 5.41) is 0.845. The van der Waals surface area contributed by atoms with Crippen molar-refractivity contribution in [1.29, 1.82) is 0 Å². The molecule has 230 valence electrons. The Kier molecular flexibility index (Phi) is 15.1. The van der Waals surface area contributed by atoms with E-state index in [4.69, 9.17) is 34.8 Å². The summed E-state index contributed by atoms with van der Waals surface area (Å²) in [6.07, 6.45) is 5.12. The summed E-state index contributed by atoms with van der Waals surface area (Å²) >= 11 is 17.7. The Morgan fingerprint density at radius 2 is 1.80 bits per heavy atom. The largest absolute Gasteiger partial charge is 0.335 e. The second-order valence-electron chi connectivity index (χ2n) is 10.3. The van der Waals surface area contributed by atoms with E-state index >= 15 is 0 Å². The van der Waals surface area contributed by atoms with Crippen LogP contribution in [0.1, 0.15) is 48.0 Å². The molecule has 0 saturated carbocycles. The number of rotatable bonds is 12. The molecule has 8 nitrogen and oxygen atoms in total. The van der Waals surface area contributed by atoms with Crippen LogP contribution in [0.5, 0.6) is 0 Å². The highest BCUT2D eigenvalue weighted by Gasteiger charge is 2.46. The molecule has 3 atom stereocenters. The van der Waals surface area contributed by atoms with Gasteiger partial charge in [-0.15, -0.1) is 0 Å². The average molecular weight is 650 g/mol. The maximum atomic E-state index is 14.0. The lowest BCUT2D eigenvalue weighted by molar-refractivity contribution is -0.157. The van der Waals surface area contributed by atoms with E-state index in [2.05, 4.69) is 18.1 Å². The van der Waals surface area contributed by atoms with Gasteiger partial charge in [0.05, 0.1) is 11.6 Å². The SMILES string of the molecule is C=C/C=C\C(=C)Cl.CCC1C(=O)N(C(C)C)CC(N(CC(C)N(C)C(C)C)S(=O)(=O)c2ccc(Cl)cc2Cl)N1C=O. The first-order valence-electron chi connectivity index (χ1n) is 13.4. The quantitative estimate of drug-likeness (QED) is 0.205. The number of nitrogens with zero attached hydrogens (tertiary/aromatic N) is 4. The number of benzene rings is 1. The molecule has 0 N–H and O–H groups in total. The Labute approximate surface area is 261 Å². The summed E-state index contributed by atoms with van der Waals surface area (Å²) in [5.74, 6) is -0.185. The Bertz CT molecular complexity index is 1210. The van der Waals surface area contributed by atoms with Gasteiger partial charge in [-0.05, 0) is 72.4 Å². The lowest BCUT2D eigenvalue weighted by Gasteiger charge is -2.49. The van der Waals surface area contributed by atoms with Gasteiger partial charge >= 0.3 is 0 Å². The molecule has 0 aromatic heterocycles. The van der Waals surface area contributed by atoms with Gasteiger partial charge in [0.1, 0.15) is 17.1 Å². The van der Waals surface area contributed by atoms with E-state index in [9.17, 15) is 18.0 Å². The molecule has 41 heavy (non-hydrogen) atoms. The number of allylic oxidation sites excluding steroid dienone is 4. The molecule has 0 radical (unpaired) electrons. The molecule has 2 amide bonds. The third kappa shape index (κ3) is 9.83. The Morgan fingerprint density at radius 1 is 1.20 bits per heavy atom. The van der Waals surface area contributed by atoms with Gasteiger partial charge in [0.15, 0.2) is 0 Å². The van der Waals surface area contributed by atoms with Gasteiger partial charge in [0.25, 0.3) is 0 Å². The highest BCUT2D eigenvalue weighted by atomic mass is 35.5. The molecular weight excluding hydrogens is 607 g/mol. The van der Waals surface area contributed by atoms with E-state index < -0.39 is 22.2 Å². The van der Waals surface area contributed by atoms with Crippen molar-refractivity contribution in [3.05, 3.63) is 64.7 Å². The summed E-state index contributed by atoms with van der Waals surface area (Å²) in [7, 11) is -2.24. The molecule has 0 aliphatic carbocycles. The van der Waals surface area contributed by atoms with Crippen LogP contribution in [0.3, 0.4) is 0 Å². The minimum absolute atomic E-state index is 0.000312. The van der Waals surface area contributed by atoms with Crippen LogP contribution in [-0.4, -0.2) is 90.2 Å². The topological polar surface area (TPSA) is 81.2 Å². The van der Waals surface area contributed by atoms with Gasteiger partial charge in [-0.1, -0.05) is 67.0 Å². The van der Waals surface area contributed by atoms with E-state index in [1.54, 1.807) is 23.1 Å². The second kappa shape index (κ2) is 16.7. The van der Waals surface area contributed by atoms with Crippen molar-refractivity contribution in [1.82, 2.24) is 19.0 Å². The van der Waals surface area contributed by atoms with Crippen molar-refractivity contribution in [2.75, 3.05) is 20.1 Å². The number of hydrogen-bond acceptors (Lipinski definition) is 5. The fourth-order valence-electron chi connectivity index (χ4n) is 4.38. The zero-order chi connectivity index (χ0) is 31.7. The fourth-order valence-corrected chi connectivity index (χ4v) is 6.86. The molecule has 0 spiro atoms. The van der Waals surface area contributed by atoms with Crippen LogP contribution in [0.4, 0.5) is 0 Å². The number of sulfonamides is 1. The average Bonchev–Trinajstić information content (AvgIpc) is 2.89. The Morgan fingerprint density at radius 3 is 2.22 bits per heavy atom. The molecule has 2 rings (SSSR count). The second-order valence-corrected chi connectivity index (χ2v) is 13.5. The summed E-state index contributed by atoms with van der Waals surface area (Å²) in [6, 6.07) is 3.31. The number of carbonyl (C=O) groups excluding carboxylic acids is 2. The molecular formula is C29H43Cl3N4O4S. The predicted octanol–water partition coefficient (Wildman–Crippen LogP) is 6.01. The van der Waals surface area contributed by atoms with Gasteiger partial charge in [0.2, 0.25) is 22.3 Å². The Hall–Kier alpha value is -1.88. The summed E-state index contributed by atoms with van der Waals surface area (Å²) in [5.41, 5.74) is 0. The van der Waals surface area contributed by atoms with Crippen LogP contribution in [0.15, 0.2) is 59.5 Å². The lowest BCUT2D eigenvalue weighted by atomic mass is 10.1. The number of likely N-dealkylation sites (N-methyl/N-ethyl adjacent to an activating group) is 1. The molecule has 1 aliphatic heterocycles. The number of carbonyl (C=O) groups is 2. The van der Waals surface area contributed by atoms with E-state index in [0.717, 1.165) is 0 Å². The van der Waals surface area contributed by atoms with Crippen LogP contribution in [0.2, 0.25) is 10.0 Å². The number of piperazine rings is 1. The molecule has 1 aliphatic rings. The first-order chi connectivity index (χ1) is 19.0. The van der Waals surface area contributed by atoms with Gasteiger partial charge in [-0.2, -0.15) is 4.31 Å². The Balaban J connectivity index is 0.00000106. The lowest BCUT2D eigenvalue weighted by Crippen LogP contribution is -2.68. The number of amides is 2. The monoisotopic (exact) mass is 648 g/mol. The van der Waals surface area contributed by atoms with E-state index in [1.807, 2.05) is 48.6 Å². The van der Waals surface area contributed by atoms with Crippen molar-refractivity contribution in [2.45, 2.75) is 83.2 Å². The van der Waals surface area contributed by atoms with Crippen molar-refractivity contribution >= 4 is 57.1 Å². The third-order valence-corrected chi connectivity index (χ3v) is 9.65. The molecule has 1 fully saturated rings. The van der Waals surface area contributed by atoms with Crippen LogP contribution >= 0.6 is 34.8 Å². The minimum Gasteiger partial charge on any atom is -0.335 e. The van der Waals surface area contributed by atoms with Crippen LogP contribution in [0.25, 0.3) is 0 Å². The van der Waals surface area contributed by atoms with Crippen LogP contribution in [0, 0.1) is 0 Å². The molecule has 1 aromatic rings. The van der Waals surface area contributed by atoms with Crippen LogP contribution < -0.4 is 0 Å². The zero-order valence-corrected chi connectivity index (χ0v) is 28.0. The van der Waals surface area contributed by atoms with Crippen molar-refractivity contribution in [3.63, 3.8) is 0 Å². The number of halogens is 3. The molecule has 1 aromatic carbocycles. The molecule has 3 unspecified atom stereocenters. The standard InChI is InChI=1S/C23H36Cl2N4O4S.C6H7Cl/c1-8-20-23(31)27(16(4)5)13-22(28(20)14-30)29(12-17(6)26(7)15(2)3)34(32,33)21-10-9-18(24)11-19(21)25;1-3-4-5-6(2)7/h9-11,14-17,20,22H,8,12-13H2,1-7H3;3-5H,1-2H2/b;5-4-. The van der Waals surface area contributed by atoms with Crippen LogP contribution in [-0.2, 0) is 19.6 Å². The van der Waals surface area contributed by atoms with Gasteiger partial charge in [-0.3, -0.25) is 14.5 Å². The van der Waals surface area contributed by atoms with Gasteiger partial charge < -0.3 is 9.80 Å². The fraction of sp³-hybridized carbons (Fsp3) is 0.517. The predicted molar refractivity (Wildman–Crippen MR) is 170 cm³/mol. The zero-order valence-electron chi connectivity index (χ0n) is 24.9. The summed E-state index contributed by atoms with van der Waals surface area (Å²) in [6.45, 7) is 18.6. The maximum Gasteiger partial charge on any atom is 0.246 e. The highest BCUT2D eigenvalue weighted by molar-refractivity contribution is 7.89. The highest BCUT2D eigenvalue weighted by Crippen LogP contribution is 2.32. The van der Waals surface area contributed by atoms with Crippen molar-refractivity contribution in [3.8, 4) is 0 Å². The van der Waals surface area contributed by atoms with E-state index in [1.165, 1.54) is 27.4 Å². The normalized spacial score (nSPS) is 18.7.